The van der Waals surface area contributed by atoms with Crippen LogP contribution in [0.5, 0.6) is 11.5 Å². The predicted molar refractivity (Wildman–Crippen MR) is 116 cm³/mol. The molecular formula is C22H23N3O5S. The number of benzene rings is 2. The zero-order valence-electron chi connectivity index (χ0n) is 17.0. The monoisotopic (exact) mass is 441 g/mol. The second-order valence-corrected chi connectivity index (χ2v) is 8.53. The van der Waals surface area contributed by atoms with Crippen molar-refractivity contribution in [2.24, 2.45) is 0 Å². The Morgan fingerprint density at radius 3 is 2.68 bits per heavy atom. The highest BCUT2D eigenvalue weighted by atomic mass is 32.2. The number of hydrogen-bond donors (Lipinski definition) is 3. The predicted octanol–water partition coefficient (Wildman–Crippen LogP) is 2.12. The van der Waals surface area contributed by atoms with Crippen molar-refractivity contribution >= 4 is 29.6 Å². The van der Waals surface area contributed by atoms with Gasteiger partial charge in [-0.1, -0.05) is 18.2 Å². The van der Waals surface area contributed by atoms with Gasteiger partial charge in [-0.15, -0.1) is 11.8 Å². The van der Waals surface area contributed by atoms with Crippen LogP contribution in [-0.4, -0.2) is 48.9 Å². The van der Waals surface area contributed by atoms with E-state index in [9.17, 15) is 14.4 Å². The second-order valence-electron chi connectivity index (χ2n) is 7.51. The Bertz CT molecular complexity index is 1030. The summed E-state index contributed by atoms with van der Waals surface area (Å²) >= 11 is 1.36. The lowest BCUT2D eigenvalue weighted by atomic mass is 10.1. The van der Waals surface area contributed by atoms with Crippen LogP contribution < -0.4 is 25.4 Å². The lowest BCUT2D eigenvalue weighted by molar-refractivity contribution is -0.122. The average molecular weight is 442 g/mol. The second kappa shape index (κ2) is 8.89. The first-order chi connectivity index (χ1) is 14.9. The minimum atomic E-state index is -1.01. The standard InChI is InChI=1S/C22H23N3O5S/c1-22(20(27)24-21(28)25-22)13-31-18-5-3-2-4-15(18)19(26)23-9-8-14-6-7-16-17(12-14)30-11-10-29-16/h2-7,12H,8-11,13H2,1H3,(H,23,26)(H2,24,25,27,28)/t22-/m1/s1. The third-order valence-corrected chi connectivity index (χ3v) is 6.46. The lowest BCUT2D eigenvalue weighted by Gasteiger charge is -2.20. The molecular weight excluding hydrogens is 418 g/mol. The van der Waals surface area contributed by atoms with Gasteiger partial charge in [-0.3, -0.25) is 14.9 Å². The maximum Gasteiger partial charge on any atom is 0.322 e. The summed E-state index contributed by atoms with van der Waals surface area (Å²) in [6.07, 6.45) is 0.655. The van der Waals surface area contributed by atoms with Crippen LogP contribution in [0, 0.1) is 0 Å². The van der Waals surface area contributed by atoms with Gasteiger partial charge in [0.15, 0.2) is 11.5 Å². The lowest BCUT2D eigenvalue weighted by Crippen LogP contribution is -2.46. The van der Waals surface area contributed by atoms with Crippen molar-refractivity contribution in [3.05, 3.63) is 53.6 Å². The topological polar surface area (TPSA) is 106 Å². The van der Waals surface area contributed by atoms with E-state index in [0.717, 1.165) is 22.0 Å². The van der Waals surface area contributed by atoms with Gasteiger partial charge in [-0.25, -0.2) is 4.79 Å². The van der Waals surface area contributed by atoms with Crippen molar-refractivity contribution in [2.45, 2.75) is 23.8 Å². The fraction of sp³-hybridized carbons (Fsp3) is 0.318. The van der Waals surface area contributed by atoms with Crippen LogP contribution in [0.3, 0.4) is 0 Å². The molecule has 2 aromatic rings. The Labute approximate surface area is 184 Å². The molecule has 4 rings (SSSR count). The summed E-state index contributed by atoms with van der Waals surface area (Å²) in [5, 5.41) is 7.83. The summed E-state index contributed by atoms with van der Waals surface area (Å²) in [4.78, 5) is 37.0. The molecule has 0 aromatic heterocycles. The number of thioether (sulfide) groups is 1. The number of imide groups is 1. The molecule has 2 heterocycles. The normalized spacial score (nSPS) is 19.5. The minimum absolute atomic E-state index is 0.189. The first kappa shape index (κ1) is 21.0. The zero-order chi connectivity index (χ0) is 21.8. The van der Waals surface area contributed by atoms with Crippen molar-refractivity contribution < 1.29 is 23.9 Å². The molecule has 9 heteroatoms. The molecule has 1 atom stereocenters. The Morgan fingerprint density at radius 1 is 1.13 bits per heavy atom. The van der Waals surface area contributed by atoms with Gasteiger partial charge in [0.25, 0.3) is 11.8 Å². The number of carbonyl (C=O) groups is 3. The molecule has 162 valence electrons. The van der Waals surface area contributed by atoms with Crippen molar-refractivity contribution in [3.8, 4) is 11.5 Å². The van der Waals surface area contributed by atoms with Gasteiger partial charge in [0, 0.05) is 17.2 Å². The number of amides is 4. The van der Waals surface area contributed by atoms with E-state index in [1.807, 2.05) is 30.3 Å². The van der Waals surface area contributed by atoms with Crippen LogP contribution in [0.2, 0.25) is 0 Å². The van der Waals surface area contributed by atoms with E-state index in [0.29, 0.717) is 37.5 Å². The Morgan fingerprint density at radius 2 is 1.90 bits per heavy atom. The van der Waals surface area contributed by atoms with E-state index in [1.165, 1.54) is 11.8 Å². The maximum atomic E-state index is 12.8. The molecule has 2 aromatic carbocycles. The molecule has 0 spiro atoms. The van der Waals surface area contributed by atoms with Gasteiger partial charge in [0.05, 0.1) is 5.56 Å². The molecule has 1 saturated heterocycles. The van der Waals surface area contributed by atoms with E-state index in [4.69, 9.17) is 9.47 Å². The van der Waals surface area contributed by atoms with E-state index < -0.39 is 11.6 Å². The Hall–Kier alpha value is -3.20. The smallest absolute Gasteiger partial charge is 0.322 e. The highest BCUT2D eigenvalue weighted by Gasteiger charge is 2.41. The molecule has 31 heavy (non-hydrogen) atoms. The number of carbonyl (C=O) groups excluding carboxylic acids is 3. The average Bonchev–Trinajstić information content (AvgIpc) is 3.03. The third-order valence-electron chi connectivity index (χ3n) is 5.07. The van der Waals surface area contributed by atoms with Crippen LogP contribution in [0.1, 0.15) is 22.8 Å². The van der Waals surface area contributed by atoms with Gasteiger partial charge in [-0.2, -0.15) is 0 Å². The Kier molecular flexibility index (Phi) is 6.03. The summed E-state index contributed by atoms with van der Waals surface area (Å²) in [5.41, 5.74) is 0.565. The van der Waals surface area contributed by atoms with E-state index in [-0.39, 0.29) is 11.8 Å². The highest BCUT2D eigenvalue weighted by molar-refractivity contribution is 7.99. The molecule has 0 bridgehead atoms. The van der Waals surface area contributed by atoms with Crippen LogP contribution in [-0.2, 0) is 11.2 Å². The molecule has 8 nitrogen and oxygen atoms in total. The molecule has 2 aliphatic heterocycles. The number of urea groups is 1. The van der Waals surface area contributed by atoms with Crippen LogP contribution in [0.25, 0.3) is 0 Å². The van der Waals surface area contributed by atoms with E-state index in [1.54, 1.807) is 19.1 Å². The summed E-state index contributed by atoms with van der Waals surface area (Å²) in [7, 11) is 0. The van der Waals surface area contributed by atoms with Gasteiger partial charge < -0.3 is 20.1 Å². The van der Waals surface area contributed by atoms with Gasteiger partial charge in [0.1, 0.15) is 18.8 Å². The van der Waals surface area contributed by atoms with Gasteiger partial charge in [-0.05, 0) is 43.2 Å². The molecule has 0 aliphatic carbocycles. The Balaban J connectivity index is 1.35. The number of fused-ring (bicyclic) bond motifs is 1. The summed E-state index contributed by atoms with van der Waals surface area (Å²) in [6.45, 7) is 3.21. The number of nitrogens with one attached hydrogen (secondary N) is 3. The van der Waals surface area contributed by atoms with Crippen molar-refractivity contribution in [3.63, 3.8) is 0 Å². The van der Waals surface area contributed by atoms with Crippen LogP contribution in [0.15, 0.2) is 47.4 Å². The molecule has 3 N–H and O–H groups in total. The third kappa shape index (κ3) is 4.77. The number of ether oxygens (including phenoxy) is 2. The number of rotatable bonds is 7. The van der Waals surface area contributed by atoms with Crippen molar-refractivity contribution in [1.82, 2.24) is 16.0 Å². The van der Waals surface area contributed by atoms with Crippen LogP contribution in [0.4, 0.5) is 4.79 Å². The minimum Gasteiger partial charge on any atom is -0.486 e. The molecule has 4 amide bonds. The number of hydrogen-bond acceptors (Lipinski definition) is 6. The van der Waals surface area contributed by atoms with Crippen molar-refractivity contribution in [2.75, 3.05) is 25.5 Å². The van der Waals surface area contributed by atoms with Crippen LogP contribution >= 0.6 is 11.8 Å². The first-order valence-corrected chi connectivity index (χ1v) is 11.0. The highest BCUT2D eigenvalue weighted by Crippen LogP contribution is 2.31. The first-order valence-electron chi connectivity index (χ1n) is 9.97. The fourth-order valence-electron chi connectivity index (χ4n) is 3.34. The molecule has 0 unspecified atom stereocenters. The fourth-order valence-corrected chi connectivity index (χ4v) is 4.48. The zero-order valence-corrected chi connectivity index (χ0v) is 17.8. The summed E-state index contributed by atoms with van der Waals surface area (Å²) in [6, 6.07) is 12.5. The summed E-state index contributed by atoms with van der Waals surface area (Å²) < 4.78 is 11.1. The quantitative estimate of drug-likeness (QED) is 0.449. The summed E-state index contributed by atoms with van der Waals surface area (Å²) in [5.74, 6) is 1.22. The SMILES string of the molecule is C[C@]1(CSc2ccccc2C(=O)NCCc2ccc3c(c2)OCCO3)NC(=O)NC1=O. The van der Waals surface area contributed by atoms with E-state index in [2.05, 4.69) is 16.0 Å². The maximum absolute atomic E-state index is 12.8. The van der Waals surface area contributed by atoms with Gasteiger partial charge >= 0.3 is 6.03 Å². The molecule has 2 aliphatic rings. The molecule has 0 saturated carbocycles. The van der Waals surface area contributed by atoms with Crippen molar-refractivity contribution in [1.29, 1.82) is 0 Å². The molecule has 1 fully saturated rings. The van der Waals surface area contributed by atoms with Gasteiger partial charge in [0.2, 0.25) is 0 Å². The van der Waals surface area contributed by atoms with E-state index >= 15 is 0 Å². The largest absolute Gasteiger partial charge is 0.486 e. The molecule has 0 radical (unpaired) electrons.